The SMILES string of the molecule is O=C(N[C@H]1c2ccccc2C[C@H]1O)c1ccoc1Br. The minimum atomic E-state index is -0.591. The highest BCUT2D eigenvalue weighted by molar-refractivity contribution is 9.10. The normalized spacial score (nSPS) is 21.2. The van der Waals surface area contributed by atoms with Gasteiger partial charge in [0.1, 0.15) is 0 Å². The Morgan fingerprint density at radius 1 is 1.37 bits per heavy atom. The molecule has 1 aromatic carbocycles. The van der Waals surface area contributed by atoms with Crippen molar-refractivity contribution in [3.8, 4) is 0 Å². The average Bonchev–Trinajstić information content (AvgIpc) is 2.94. The second kappa shape index (κ2) is 4.83. The first kappa shape index (κ1) is 12.4. The Hall–Kier alpha value is -1.59. The van der Waals surface area contributed by atoms with Crippen LogP contribution in [0.4, 0.5) is 0 Å². The summed E-state index contributed by atoms with van der Waals surface area (Å²) in [5, 5.41) is 12.9. The van der Waals surface area contributed by atoms with Crippen LogP contribution in [0.15, 0.2) is 45.7 Å². The maximum atomic E-state index is 12.1. The van der Waals surface area contributed by atoms with Crippen LogP contribution in [-0.4, -0.2) is 17.1 Å². The molecule has 0 saturated carbocycles. The van der Waals surface area contributed by atoms with Gasteiger partial charge in [-0.1, -0.05) is 24.3 Å². The molecule has 5 heteroatoms. The zero-order valence-corrected chi connectivity index (χ0v) is 11.6. The fraction of sp³-hybridized carbons (Fsp3) is 0.214. The van der Waals surface area contributed by atoms with Crippen molar-refractivity contribution in [3.05, 3.63) is 58.0 Å². The minimum absolute atomic E-state index is 0.263. The summed E-state index contributed by atoms with van der Waals surface area (Å²) in [5.41, 5.74) is 2.48. The Morgan fingerprint density at radius 3 is 2.89 bits per heavy atom. The third-order valence-electron chi connectivity index (χ3n) is 3.35. The van der Waals surface area contributed by atoms with Gasteiger partial charge in [-0.2, -0.15) is 0 Å². The number of halogens is 1. The van der Waals surface area contributed by atoms with E-state index in [0.717, 1.165) is 11.1 Å². The van der Waals surface area contributed by atoms with E-state index in [1.807, 2.05) is 24.3 Å². The maximum absolute atomic E-state index is 12.1. The van der Waals surface area contributed by atoms with Crippen molar-refractivity contribution in [3.63, 3.8) is 0 Å². The number of hydrogen-bond donors (Lipinski definition) is 2. The smallest absolute Gasteiger partial charge is 0.256 e. The lowest BCUT2D eigenvalue weighted by atomic mass is 10.1. The summed E-state index contributed by atoms with van der Waals surface area (Å²) in [6.07, 6.45) is 1.41. The first-order valence-electron chi connectivity index (χ1n) is 5.96. The van der Waals surface area contributed by atoms with Crippen LogP contribution in [0.1, 0.15) is 27.5 Å². The Morgan fingerprint density at radius 2 is 2.16 bits per heavy atom. The number of aliphatic hydroxyl groups excluding tert-OH is 1. The van der Waals surface area contributed by atoms with Crippen molar-refractivity contribution in [1.82, 2.24) is 5.32 Å². The Labute approximate surface area is 118 Å². The van der Waals surface area contributed by atoms with Crippen molar-refractivity contribution in [2.45, 2.75) is 18.6 Å². The van der Waals surface area contributed by atoms with Crippen molar-refractivity contribution >= 4 is 21.8 Å². The summed E-state index contributed by atoms with van der Waals surface area (Å²) < 4.78 is 5.43. The fourth-order valence-electron chi connectivity index (χ4n) is 2.42. The van der Waals surface area contributed by atoms with Crippen molar-refractivity contribution in [1.29, 1.82) is 0 Å². The standard InChI is InChI=1S/C14H12BrNO3/c15-13-10(5-6-19-13)14(18)16-12-9-4-2-1-3-8(9)7-11(12)17/h1-6,11-12,17H,7H2,(H,16,18)/t11-,12+/m1/s1. The van der Waals surface area contributed by atoms with E-state index in [0.29, 0.717) is 16.7 Å². The van der Waals surface area contributed by atoms with Gasteiger partial charge >= 0.3 is 0 Å². The van der Waals surface area contributed by atoms with Gasteiger partial charge in [-0.15, -0.1) is 0 Å². The highest BCUT2D eigenvalue weighted by Crippen LogP contribution is 2.31. The molecule has 0 radical (unpaired) electrons. The van der Waals surface area contributed by atoms with Crippen LogP contribution in [0.5, 0.6) is 0 Å². The van der Waals surface area contributed by atoms with Crippen LogP contribution in [0.3, 0.4) is 0 Å². The highest BCUT2D eigenvalue weighted by Gasteiger charge is 2.32. The van der Waals surface area contributed by atoms with Crippen molar-refractivity contribution in [2.24, 2.45) is 0 Å². The molecule has 0 fully saturated rings. The zero-order chi connectivity index (χ0) is 13.4. The number of hydrogen-bond acceptors (Lipinski definition) is 3. The van der Waals surface area contributed by atoms with Gasteiger partial charge < -0.3 is 14.8 Å². The van der Waals surface area contributed by atoms with E-state index >= 15 is 0 Å². The monoisotopic (exact) mass is 321 g/mol. The summed E-state index contributed by atoms with van der Waals surface area (Å²) in [5.74, 6) is -0.263. The molecule has 1 aliphatic carbocycles. The second-order valence-corrected chi connectivity index (χ2v) is 5.25. The number of carbonyl (C=O) groups excluding carboxylic acids is 1. The molecule has 2 atom stereocenters. The Balaban J connectivity index is 1.84. The second-order valence-electron chi connectivity index (χ2n) is 4.53. The molecule has 1 heterocycles. The lowest BCUT2D eigenvalue weighted by molar-refractivity contribution is 0.0856. The predicted octanol–water partition coefficient (Wildman–Crippen LogP) is 2.43. The molecule has 1 amide bonds. The summed E-state index contributed by atoms with van der Waals surface area (Å²) in [7, 11) is 0. The lowest BCUT2D eigenvalue weighted by Crippen LogP contribution is -2.33. The first-order valence-corrected chi connectivity index (χ1v) is 6.76. The fourth-order valence-corrected chi connectivity index (χ4v) is 2.84. The molecule has 1 aliphatic rings. The third-order valence-corrected chi connectivity index (χ3v) is 3.97. The molecule has 3 rings (SSSR count). The predicted molar refractivity (Wildman–Crippen MR) is 72.8 cm³/mol. The van der Waals surface area contributed by atoms with Gasteiger partial charge in [0.15, 0.2) is 4.67 Å². The van der Waals surface area contributed by atoms with Crippen LogP contribution < -0.4 is 5.32 Å². The van der Waals surface area contributed by atoms with E-state index in [2.05, 4.69) is 21.2 Å². The van der Waals surface area contributed by atoms with Crippen LogP contribution in [0.25, 0.3) is 0 Å². The Bertz CT molecular complexity index is 623. The summed E-state index contributed by atoms with van der Waals surface area (Å²) in [6, 6.07) is 8.96. The quantitative estimate of drug-likeness (QED) is 0.893. The number of fused-ring (bicyclic) bond motifs is 1. The Kier molecular flexibility index (Phi) is 3.16. The topological polar surface area (TPSA) is 62.5 Å². The number of furan rings is 1. The zero-order valence-electron chi connectivity index (χ0n) is 9.97. The summed E-state index contributed by atoms with van der Waals surface area (Å²) in [4.78, 5) is 12.1. The molecule has 0 aliphatic heterocycles. The van der Waals surface area contributed by atoms with Gasteiger partial charge in [0.05, 0.1) is 24.0 Å². The molecule has 0 bridgehead atoms. The summed E-state index contributed by atoms with van der Waals surface area (Å²) >= 11 is 3.17. The molecule has 0 saturated heterocycles. The van der Waals surface area contributed by atoms with E-state index in [1.165, 1.54) is 6.26 Å². The average molecular weight is 322 g/mol. The molecular weight excluding hydrogens is 310 g/mol. The van der Waals surface area contributed by atoms with E-state index in [9.17, 15) is 9.90 Å². The van der Waals surface area contributed by atoms with Gasteiger partial charge in [-0.25, -0.2) is 0 Å². The van der Waals surface area contributed by atoms with Crippen LogP contribution in [-0.2, 0) is 6.42 Å². The van der Waals surface area contributed by atoms with Gasteiger partial charge in [0.2, 0.25) is 0 Å². The third kappa shape index (κ3) is 2.19. The number of benzene rings is 1. The van der Waals surface area contributed by atoms with E-state index in [-0.39, 0.29) is 11.9 Å². The number of carbonyl (C=O) groups is 1. The number of nitrogens with one attached hydrogen (secondary N) is 1. The molecule has 0 spiro atoms. The minimum Gasteiger partial charge on any atom is -0.457 e. The number of aliphatic hydroxyl groups is 1. The van der Waals surface area contributed by atoms with Gasteiger partial charge in [0.25, 0.3) is 5.91 Å². The van der Waals surface area contributed by atoms with E-state index in [4.69, 9.17) is 4.42 Å². The molecule has 4 nitrogen and oxygen atoms in total. The molecule has 2 aromatic rings. The van der Waals surface area contributed by atoms with Crippen molar-refractivity contribution < 1.29 is 14.3 Å². The van der Waals surface area contributed by atoms with Gasteiger partial charge in [-0.3, -0.25) is 4.79 Å². The highest BCUT2D eigenvalue weighted by atomic mass is 79.9. The van der Waals surface area contributed by atoms with Crippen LogP contribution >= 0.6 is 15.9 Å². The summed E-state index contributed by atoms with van der Waals surface area (Å²) in [6.45, 7) is 0. The molecule has 2 N–H and O–H groups in total. The van der Waals surface area contributed by atoms with Gasteiger partial charge in [0, 0.05) is 6.42 Å². The number of amides is 1. The molecule has 0 unspecified atom stereocenters. The van der Waals surface area contributed by atoms with E-state index in [1.54, 1.807) is 6.07 Å². The van der Waals surface area contributed by atoms with Crippen LogP contribution in [0.2, 0.25) is 0 Å². The molecule has 1 aromatic heterocycles. The first-order chi connectivity index (χ1) is 9.16. The van der Waals surface area contributed by atoms with Gasteiger partial charge in [-0.05, 0) is 33.1 Å². The largest absolute Gasteiger partial charge is 0.457 e. The molecule has 19 heavy (non-hydrogen) atoms. The van der Waals surface area contributed by atoms with Crippen LogP contribution in [0, 0.1) is 0 Å². The van der Waals surface area contributed by atoms with E-state index < -0.39 is 6.10 Å². The lowest BCUT2D eigenvalue weighted by Gasteiger charge is -2.17. The molecule has 98 valence electrons. The molecular formula is C14H12BrNO3. The number of rotatable bonds is 2. The maximum Gasteiger partial charge on any atom is 0.256 e. The van der Waals surface area contributed by atoms with Crippen molar-refractivity contribution in [2.75, 3.05) is 0 Å².